The molecule has 0 amide bonds. The minimum absolute atomic E-state index is 0.271. The predicted octanol–water partition coefficient (Wildman–Crippen LogP) is 3.53. The molecule has 0 spiro atoms. The minimum atomic E-state index is -3.58. The number of sulfonamides is 1. The lowest BCUT2D eigenvalue weighted by Gasteiger charge is -2.10. The van der Waals surface area contributed by atoms with Gasteiger partial charge >= 0.3 is 0 Å². The van der Waals surface area contributed by atoms with E-state index in [-0.39, 0.29) is 4.90 Å². The second-order valence-corrected chi connectivity index (χ2v) is 7.60. The normalized spacial score (nSPS) is 13.6. The number of anilines is 2. The Hall–Kier alpha value is -1.53. The van der Waals surface area contributed by atoms with Gasteiger partial charge in [-0.15, -0.1) is 0 Å². The number of hydrogen-bond acceptors (Lipinski definition) is 3. The van der Waals surface area contributed by atoms with Crippen LogP contribution in [0, 0.1) is 6.92 Å². The van der Waals surface area contributed by atoms with Crippen molar-refractivity contribution >= 4 is 37.3 Å². The van der Waals surface area contributed by atoms with Crippen LogP contribution in [0.1, 0.15) is 11.1 Å². The van der Waals surface area contributed by atoms with E-state index in [4.69, 9.17) is 0 Å². The third-order valence-electron chi connectivity index (χ3n) is 3.53. The second kappa shape index (κ2) is 5.35. The molecule has 2 N–H and O–H groups in total. The Balaban J connectivity index is 1.91. The molecule has 0 radical (unpaired) electrons. The maximum Gasteiger partial charge on any atom is 0.261 e. The van der Waals surface area contributed by atoms with Crippen LogP contribution >= 0.6 is 15.9 Å². The van der Waals surface area contributed by atoms with Crippen LogP contribution in [-0.2, 0) is 16.4 Å². The Kier molecular flexibility index (Phi) is 3.67. The Morgan fingerprint density at radius 3 is 2.76 bits per heavy atom. The largest absolute Gasteiger partial charge is 0.384 e. The summed E-state index contributed by atoms with van der Waals surface area (Å²) in [6, 6.07) is 10.6. The molecular weight excluding hydrogens is 352 g/mol. The highest BCUT2D eigenvalue weighted by Gasteiger charge is 2.18. The molecule has 0 fully saturated rings. The zero-order valence-electron chi connectivity index (χ0n) is 11.5. The molecule has 0 atom stereocenters. The smallest absolute Gasteiger partial charge is 0.261 e. The van der Waals surface area contributed by atoms with Crippen LogP contribution in [0.15, 0.2) is 45.8 Å². The van der Waals surface area contributed by atoms with Crippen LogP contribution in [-0.4, -0.2) is 15.0 Å². The molecule has 0 aromatic heterocycles. The van der Waals surface area contributed by atoms with Crippen molar-refractivity contribution in [2.24, 2.45) is 0 Å². The van der Waals surface area contributed by atoms with Crippen molar-refractivity contribution in [1.82, 2.24) is 0 Å². The quantitative estimate of drug-likeness (QED) is 0.873. The van der Waals surface area contributed by atoms with E-state index in [1.54, 1.807) is 24.3 Å². The third kappa shape index (κ3) is 2.91. The van der Waals surface area contributed by atoms with Crippen LogP contribution in [0.3, 0.4) is 0 Å². The summed E-state index contributed by atoms with van der Waals surface area (Å²) in [4.78, 5) is 0.271. The minimum Gasteiger partial charge on any atom is -0.384 e. The lowest BCUT2D eigenvalue weighted by molar-refractivity contribution is 0.601. The average molecular weight is 367 g/mol. The SMILES string of the molecule is Cc1ccc(NS(=O)(=O)c2ccc3c(c2)NCC3)cc1Br. The van der Waals surface area contributed by atoms with E-state index in [1.165, 1.54) is 0 Å². The summed E-state index contributed by atoms with van der Waals surface area (Å²) in [6.07, 6.45) is 0.938. The van der Waals surface area contributed by atoms with E-state index in [0.717, 1.165) is 34.3 Å². The Bertz CT molecular complexity index is 803. The van der Waals surface area contributed by atoms with Crippen molar-refractivity contribution in [3.63, 3.8) is 0 Å². The zero-order chi connectivity index (χ0) is 15.0. The summed E-state index contributed by atoms with van der Waals surface area (Å²) in [6.45, 7) is 2.81. The van der Waals surface area contributed by atoms with Gasteiger partial charge in [0.15, 0.2) is 0 Å². The number of aryl methyl sites for hydroxylation is 1. The number of benzene rings is 2. The highest BCUT2D eigenvalue weighted by atomic mass is 79.9. The standard InChI is InChI=1S/C15H15BrN2O2S/c1-10-2-4-12(8-14(10)16)18-21(19,20)13-5-3-11-6-7-17-15(11)9-13/h2-5,8-9,17-18H,6-7H2,1H3. The van der Waals surface area contributed by atoms with Gasteiger partial charge in [-0.2, -0.15) is 0 Å². The van der Waals surface area contributed by atoms with Crippen molar-refractivity contribution in [1.29, 1.82) is 0 Å². The van der Waals surface area contributed by atoms with Crippen LogP contribution in [0.2, 0.25) is 0 Å². The Morgan fingerprint density at radius 1 is 1.19 bits per heavy atom. The van der Waals surface area contributed by atoms with Gasteiger partial charge in [0, 0.05) is 22.4 Å². The van der Waals surface area contributed by atoms with E-state index in [0.29, 0.717) is 5.69 Å². The fourth-order valence-electron chi connectivity index (χ4n) is 2.31. The fraction of sp³-hybridized carbons (Fsp3) is 0.200. The summed E-state index contributed by atoms with van der Waals surface area (Å²) in [7, 11) is -3.58. The number of rotatable bonds is 3. The van der Waals surface area contributed by atoms with Crippen LogP contribution in [0.25, 0.3) is 0 Å². The molecule has 0 saturated heterocycles. The van der Waals surface area contributed by atoms with E-state index in [9.17, 15) is 8.42 Å². The highest BCUT2D eigenvalue weighted by Crippen LogP contribution is 2.27. The second-order valence-electron chi connectivity index (χ2n) is 5.07. The number of nitrogens with one attached hydrogen (secondary N) is 2. The van der Waals surface area contributed by atoms with Crippen molar-refractivity contribution < 1.29 is 8.42 Å². The Morgan fingerprint density at radius 2 is 2.00 bits per heavy atom. The summed E-state index contributed by atoms with van der Waals surface area (Å²) in [5.41, 5.74) is 3.66. The van der Waals surface area contributed by atoms with Gasteiger partial charge in [-0.25, -0.2) is 8.42 Å². The maximum atomic E-state index is 12.4. The molecular formula is C15H15BrN2O2S. The molecule has 2 aromatic carbocycles. The lowest BCUT2D eigenvalue weighted by Crippen LogP contribution is -2.13. The average Bonchev–Trinajstić information content (AvgIpc) is 2.90. The molecule has 1 aliphatic rings. The van der Waals surface area contributed by atoms with Crippen molar-refractivity contribution in [2.45, 2.75) is 18.2 Å². The van der Waals surface area contributed by atoms with Gasteiger partial charge in [0.2, 0.25) is 0 Å². The van der Waals surface area contributed by atoms with E-state index >= 15 is 0 Å². The first-order valence-electron chi connectivity index (χ1n) is 6.61. The molecule has 0 aliphatic carbocycles. The van der Waals surface area contributed by atoms with Gasteiger partial charge < -0.3 is 5.32 Å². The van der Waals surface area contributed by atoms with Gasteiger partial charge in [-0.05, 0) is 48.7 Å². The molecule has 21 heavy (non-hydrogen) atoms. The van der Waals surface area contributed by atoms with E-state index in [1.807, 2.05) is 19.1 Å². The van der Waals surface area contributed by atoms with Crippen molar-refractivity contribution in [2.75, 3.05) is 16.6 Å². The number of hydrogen-bond donors (Lipinski definition) is 2. The number of halogens is 1. The molecule has 1 aliphatic heterocycles. The summed E-state index contributed by atoms with van der Waals surface area (Å²) in [5.74, 6) is 0. The monoisotopic (exact) mass is 366 g/mol. The molecule has 0 saturated carbocycles. The predicted molar refractivity (Wildman–Crippen MR) is 88.3 cm³/mol. The Labute approximate surface area is 132 Å². The molecule has 4 nitrogen and oxygen atoms in total. The first-order valence-corrected chi connectivity index (χ1v) is 8.89. The molecule has 3 rings (SSSR count). The molecule has 6 heteroatoms. The first-order chi connectivity index (χ1) is 9.95. The highest BCUT2D eigenvalue weighted by molar-refractivity contribution is 9.10. The summed E-state index contributed by atoms with van der Waals surface area (Å²) < 4.78 is 28.4. The molecule has 1 heterocycles. The fourth-order valence-corrected chi connectivity index (χ4v) is 3.76. The molecule has 0 unspecified atom stereocenters. The topological polar surface area (TPSA) is 58.2 Å². The third-order valence-corrected chi connectivity index (χ3v) is 5.76. The van der Waals surface area contributed by atoms with Gasteiger partial charge in [-0.3, -0.25) is 4.72 Å². The number of fused-ring (bicyclic) bond motifs is 1. The molecule has 2 aromatic rings. The van der Waals surface area contributed by atoms with Gasteiger partial charge in [0.25, 0.3) is 10.0 Å². The summed E-state index contributed by atoms with van der Waals surface area (Å²) >= 11 is 3.41. The van der Waals surface area contributed by atoms with E-state index < -0.39 is 10.0 Å². The molecule has 110 valence electrons. The van der Waals surface area contributed by atoms with Crippen molar-refractivity contribution in [3.8, 4) is 0 Å². The maximum absolute atomic E-state index is 12.4. The van der Waals surface area contributed by atoms with Crippen molar-refractivity contribution in [3.05, 3.63) is 52.0 Å². The van der Waals surface area contributed by atoms with Gasteiger partial charge in [-0.1, -0.05) is 28.1 Å². The lowest BCUT2D eigenvalue weighted by atomic mass is 10.2. The van der Waals surface area contributed by atoms with Crippen LogP contribution < -0.4 is 10.0 Å². The van der Waals surface area contributed by atoms with Crippen LogP contribution in [0.4, 0.5) is 11.4 Å². The first kappa shape index (κ1) is 14.4. The molecule has 0 bridgehead atoms. The van der Waals surface area contributed by atoms with Gasteiger partial charge in [0.1, 0.15) is 0 Å². The van der Waals surface area contributed by atoms with Crippen LogP contribution in [0.5, 0.6) is 0 Å². The van der Waals surface area contributed by atoms with E-state index in [2.05, 4.69) is 26.0 Å². The zero-order valence-corrected chi connectivity index (χ0v) is 13.9. The summed E-state index contributed by atoms with van der Waals surface area (Å²) in [5, 5.41) is 3.19. The van der Waals surface area contributed by atoms with Gasteiger partial charge in [0.05, 0.1) is 4.90 Å².